The lowest BCUT2D eigenvalue weighted by atomic mass is 10.0. The van der Waals surface area contributed by atoms with Crippen LogP contribution in [0.2, 0.25) is 0 Å². The molecule has 1 aromatic rings. The zero-order valence-electron chi connectivity index (χ0n) is 7.52. The van der Waals surface area contributed by atoms with Crippen molar-refractivity contribution in [3.63, 3.8) is 0 Å². The van der Waals surface area contributed by atoms with Crippen molar-refractivity contribution in [1.82, 2.24) is 4.98 Å². The van der Waals surface area contributed by atoms with Crippen LogP contribution in [-0.2, 0) is 4.74 Å². The molecular weight excluding hydrogens is 164 g/mol. The highest BCUT2D eigenvalue weighted by Crippen LogP contribution is 2.25. The van der Waals surface area contributed by atoms with E-state index in [1.165, 1.54) is 0 Å². The minimum Gasteiger partial charge on any atom is -0.372 e. The molecule has 0 aliphatic carbocycles. The van der Waals surface area contributed by atoms with Gasteiger partial charge in [-0.15, -0.1) is 0 Å². The number of hydrogen-bond acceptors (Lipinski definition) is 3. The Morgan fingerprint density at radius 2 is 2.38 bits per heavy atom. The molecular formula is C10H14N2O. The molecule has 0 unspecified atom stereocenters. The van der Waals surface area contributed by atoms with Gasteiger partial charge in [0.2, 0.25) is 0 Å². The Morgan fingerprint density at radius 3 is 3.08 bits per heavy atom. The second-order valence-corrected chi connectivity index (χ2v) is 3.40. The Hall–Kier alpha value is -0.930. The number of aromatic nitrogens is 1. The van der Waals surface area contributed by atoms with Gasteiger partial charge in [0, 0.05) is 18.8 Å². The summed E-state index contributed by atoms with van der Waals surface area (Å²) in [6, 6.07) is 6.14. The summed E-state index contributed by atoms with van der Waals surface area (Å²) in [5.41, 5.74) is 6.85. The summed E-state index contributed by atoms with van der Waals surface area (Å²) in [5.74, 6) is 0. The van der Waals surface area contributed by atoms with Crippen LogP contribution in [0, 0.1) is 0 Å². The molecule has 0 aromatic carbocycles. The standard InChI is InChI=1S/C10H14N2O/c11-8-4-6-13-10(7-8)9-3-1-2-5-12-9/h1-3,5,8,10H,4,6-7,11H2/t8-,10-/m0/s1. The molecule has 0 radical (unpaired) electrons. The zero-order chi connectivity index (χ0) is 9.10. The average molecular weight is 178 g/mol. The van der Waals surface area contributed by atoms with E-state index in [1.807, 2.05) is 18.2 Å². The molecule has 2 rings (SSSR count). The Balaban J connectivity index is 2.08. The fourth-order valence-electron chi connectivity index (χ4n) is 1.60. The summed E-state index contributed by atoms with van der Waals surface area (Å²) in [6.07, 6.45) is 3.74. The van der Waals surface area contributed by atoms with E-state index >= 15 is 0 Å². The summed E-state index contributed by atoms with van der Waals surface area (Å²) in [6.45, 7) is 0.752. The van der Waals surface area contributed by atoms with E-state index in [9.17, 15) is 0 Å². The van der Waals surface area contributed by atoms with Gasteiger partial charge in [-0.2, -0.15) is 0 Å². The molecule has 2 atom stereocenters. The fraction of sp³-hybridized carbons (Fsp3) is 0.500. The Bertz CT molecular complexity index is 263. The number of hydrogen-bond donors (Lipinski definition) is 1. The van der Waals surface area contributed by atoms with Crippen molar-refractivity contribution >= 4 is 0 Å². The quantitative estimate of drug-likeness (QED) is 0.704. The minimum atomic E-state index is 0.102. The van der Waals surface area contributed by atoms with Crippen LogP contribution in [-0.4, -0.2) is 17.6 Å². The highest BCUT2D eigenvalue weighted by molar-refractivity contribution is 5.07. The van der Waals surface area contributed by atoms with Crippen LogP contribution < -0.4 is 5.73 Å². The second kappa shape index (κ2) is 3.85. The smallest absolute Gasteiger partial charge is 0.101 e. The molecule has 0 saturated carbocycles. The van der Waals surface area contributed by atoms with Crippen LogP contribution >= 0.6 is 0 Å². The first-order valence-corrected chi connectivity index (χ1v) is 4.64. The maximum Gasteiger partial charge on any atom is 0.101 e. The van der Waals surface area contributed by atoms with Gasteiger partial charge in [-0.1, -0.05) is 6.07 Å². The van der Waals surface area contributed by atoms with Crippen LogP contribution in [0.5, 0.6) is 0 Å². The van der Waals surface area contributed by atoms with E-state index in [2.05, 4.69) is 4.98 Å². The van der Waals surface area contributed by atoms with E-state index in [4.69, 9.17) is 10.5 Å². The minimum absolute atomic E-state index is 0.102. The number of ether oxygens (including phenoxy) is 1. The van der Waals surface area contributed by atoms with Gasteiger partial charge < -0.3 is 10.5 Å². The van der Waals surface area contributed by atoms with Gasteiger partial charge in [0.25, 0.3) is 0 Å². The second-order valence-electron chi connectivity index (χ2n) is 3.40. The molecule has 2 heterocycles. The van der Waals surface area contributed by atoms with E-state index in [-0.39, 0.29) is 12.1 Å². The van der Waals surface area contributed by atoms with Gasteiger partial charge in [0.15, 0.2) is 0 Å². The van der Waals surface area contributed by atoms with Gasteiger partial charge in [-0.25, -0.2) is 0 Å². The summed E-state index contributed by atoms with van der Waals surface area (Å²) in [4.78, 5) is 4.26. The first-order chi connectivity index (χ1) is 6.36. The Kier molecular flexibility index (Phi) is 2.57. The molecule has 0 amide bonds. The van der Waals surface area contributed by atoms with Gasteiger partial charge in [-0.3, -0.25) is 4.98 Å². The SMILES string of the molecule is N[C@H]1CCO[C@H](c2ccccn2)C1. The molecule has 13 heavy (non-hydrogen) atoms. The monoisotopic (exact) mass is 178 g/mol. The van der Waals surface area contributed by atoms with E-state index in [1.54, 1.807) is 6.20 Å². The van der Waals surface area contributed by atoms with Crippen LogP contribution in [0.15, 0.2) is 24.4 Å². The first-order valence-electron chi connectivity index (χ1n) is 4.64. The molecule has 0 bridgehead atoms. The van der Waals surface area contributed by atoms with Crippen molar-refractivity contribution in [2.24, 2.45) is 5.73 Å². The number of rotatable bonds is 1. The molecule has 0 spiro atoms. The number of nitrogens with two attached hydrogens (primary N) is 1. The molecule has 1 aromatic heterocycles. The van der Waals surface area contributed by atoms with Crippen molar-refractivity contribution in [1.29, 1.82) is 0 Å². The normalized spacial score (nSPS) is 28.7. The lowest BCUT2D eigenvalue weighted by molar-refractivity contribution is 0.00413. The molecule has 1 fully saturated rings. The summed E-state index contributed by atoms with van der Waals surface area (Å²) in [7, 11) is 0. The maximum absolute atomic E-state index is 5.85. The van der Waals surface area contributed by atoms with E-state index in [0.29, 0.717) is 0 Å². The third-order valence-electron chi connectivity index (χ3n) is 2.34. The molecule has 1 aliphatic heterocycles. The van der Waals surface area contributed by atoms with Gasteiger partial charge in [0.05, 0.1) is 5.69 Å². The molecule has 3 nitrogen and oxygen atoms in total. The van der Waals surface area contributed by atoms with Crippen molar-refractivity contribution in [3.05, 3.63) is 30.1 Å². The van der Waals surface area contributed by atoms with Crippen molar-refractivity contribution < 1.29 is 4.74 Å². The number of nitrogens with zero attached hydrogens (tertiary/aromatic N) is 1. The number of pyridine rings is 1. The maximum atomic E-state index is 5.85. The molecule has 70 valence electrons. The van der Waals surface area contributed by atoms with E-state index in [0.717, 1.165) is 25.1 Å². The Labute approximate surface area is 77.9 Å². The largest absolute Gasteiger partial charge is 0.372 e. The summed E-state index contributed by atoms with van der Waals surface area (Å²) < 4.78 is 5.59. The lowest BCUT2D eigenvalue weighted by Crippen LogP contribution is -2.30. The van der Waals surface area contributed by atoms with Crippen LogP contribution in [0.4, 0.5) is 0 Å². The van der Waals surface area contributed by atoms with Crippen LogP contribution in [0.1, 0.15) is 24.6 Å². The predicted molar refractivity (Wildman–Crippen MR) is 50.1 cm³/mol. The summed E-state index contributed by atoms with van der Waals surface area (Å²) in [5, 5.41) is 0. The topological polar surface area (TPSA) is 48.1 Å². The van der Waals surface area contributed by atoms with Crippen molar-refractivity contribution in [2.75, 3.05) is 6.61 Å². The summed E-state index contributed by atoms with van der Waals surface area (Å²) >= 11 is 0. The van der Waals surface area contributed by atoms with Gasteiger partial charge in [0.1, 0.15) is 6.10 Å². The predicted octanol–water partition coefficient (Wildman–Crippen LogP) is 1.26. The van der Waals surface area contributed by atoms with Crippen molar-refractivity contribution in [3.8, 4) is 0 Å². The molecule has 1 aliphatic rings. The van der Waals surface area contributed by atoms with Crippen LogP contribution in [0.25, 0.3) is 0 Å². The third kappa shape index (κ3) is 2.05. The highest BCUT2D eigenvalue weighted by Gasteiger charge is 2.21. The van der Waals surface area contributed by atoms with Gasteiger partial charge in [-0.05, 0) is 25.0 Å². The van der Waals surface area contributed by atoms with Crippen molar-refractivity contribution in [2.45, 2.75) is 25.0 Å². The Morgan fingerprint density at radius 1 is 1.46 bits per heavy atom. The molecule has 1 saturated heterocycles. The third-order valence-corrected chi connectivity index (χ3v) is 2.34. The highest BCUT2D eigenvalue weighted by atomic mass is 16.5. The molecule has 2 N–H and O–H groups in total. The van der Waals surface area contributed by atoms with E-state index < -0.39 is 0 Å². The van der Waals surface area contributed by atoms with Crippen LogP contribution in [0.3, 0.4) is 0 Å². The molecule has 3 heteroatoms. The first kappa shape index (κ1) is 8.66. The lowest BCUT2D eigenvalue weighted by Gasteiger charge is -2.26. The zero-order valence-corrected chi connectivity index (χ0v) is 7.52. The van der Waals surface area contributed by atoms with Gasteiger partial charge >= 0.3 is 0 Å². The average Bonchev–Trinajstić information content (AvgIpc) is 2.19. The fourth-order valence-corrected chi connectivity index (χ4v) is 1.60.